The highest BCUT2D eigenvalue weighted by molar-refractivity contribution is 9.18. The van der Waals surface area contributed by atoms with Gasteiger partial charge in [-0.3, -0.25) is 14.4 Å². The zero-order chi connectivity index (χ0) is 18.5. The molecule has 8 nitrogen and oxygen atoms in total. The average molecular weight is 403 g/mol. The Balaban J connectivity index is 0.00000118. The van der Waals surface area contributed by atoms with Gasteiger partial charge in [-0.15, -0.1) is 0 Å². The third-order valence-corrected chi connectivity index (χ3v) is 2.35. The van der Waals surface area contributed by atoms with Gasteiger partial charge in [-0.25, -0.2) is 4.79 Å². The lowest BCUT2D eigenvalue weighted by atomic mass is 10.2. The normalized spacial score (nSPS) is 10.5. The first kappa shape index (κ1) is 21.6. The van der Waals surface area contributed by atoms with Crippen LogP contribution in [-0.4, -0.2) is 40.4 Å². The fourth-order valence-electron chi connectivity index (χ4n) is 1.32. The van der Waals surface area contributed by atoms with Gasteiger partial charge in [-0.1, -0.05) is 30.3 Å². The quantitative estimate of drug-likeness (QED) is 0.618. The molecule has 0 bridgehead atoms. The molecule has 0 aliphatic carbocycles. The van der Waals surface area contributed by atoms with E-state index in [2.05, 4.69) is 26.6 Å². The molecule has 0 saturated heterocycles. The zero-order valence-electron chi connectivity index (χ0n) is 13.2. The first-order chi connectivity index (χ1) is 11.2. The largest absolute Gasteiger partial charge is 0.480 e. The molecule has 0 aliphatic rings. The summed E-state index contributed by atoms with van der Waals surface area (Å²) < 4.78 is 4.91. The van der Waals surface area contributed by atoms with Crippen molar-refractivity contribution in [1.82, 2.24) is 10.6 Å². The third-order valence-electron chi connectivity index (χ3n) is 2.35. The summed E-state index contributed by atoms with van der Waals surface area (Å²) in [6, 6.07) is 8.21. The zero-order valence-corrected chi connectivity index (χ0v) is 14.8. The predicted molar refractivity (Wildman–Crippen MR) is 89.5 cm³/mol. The predicted octanol–water partition coefficient (Wildman–Crippen LogP) is 1.43. The van der Waals surface area contributed by atoms with Crippen molar-refractivity contribution in [2.45, 2.75) is 26.5 Å². The number of hydrogen-bond donors (Lipinski definition) is 3. The van der Waals surface area contributed by atoms with E-state index in [0.29, 0.717) is 0 Å². The number of amides is 2. The van der Waals surface area contributed by atoms with Crippen LogP contribution in [0.1, 0.15) is 19.4 Å². The standard InChI is InChI=1S/C13H16N2O5.C2H3BrO/c1-9(12(18)14-7-11(16)17)15-13(19)20-8-10-5-3-2-4-6-10;1-2(3)4/h2-6,9H,7-8H2,1H3,(H,14,18)(H,15,19)(H,16,17);1H3/t9-;/m0./s1. The van der Waals surface area contributed by atoms with E-state index >= 15 is 0 Å². The molecule has 0 spiro atoms. The molecule has 9 heteroatoms. The lowest BCUT2D eigenvalue weighted by molar-refractivity contribution is -0.138. The second-order valence-electron chi connectivity index (χ2n) is 4.51. The number of benzene rings is 1. The third kappa shape index (κ3) is 12.2. The molecule has 24 heavy (non-hydrogen) atoms. The van der Waals surface area contributed by atoms with E-state index in [1.54, 1.807) is 12.1 Å². The Kier molecular flexibility index (Phi) is 10.8. The Labute approximate surface area is 147 Å². The van der Waals surface area contributed by atoms with Gasteiger partial charge in [0, 0.05) is 6.92 Å². The number of alkyl carbamates (subject to hydrolysis) is 1. The molecule has 1 atom stereocenters. The molecule has 1 rings (SSSR count). The number of carboxylic acid groups (broad SMARTS) is 1. The van der Waals surface area contributed by atoms with Crippen LogP contribution < -0.4 is 10.6 Å². The summed E-state index contributed by atoms with van der Waals surface area (Å²) in [7, 11) is 0. The van der Waals surface area contributed by atoms with Crippen molar-refractivity contribution < 1.29 is 29.0 Å². The molecule has 0 fully saturated rings. The van der Waals surface area contributed by atoms with Crippen molar-refractivity contribution in [3.8, 4) is 0 Å². The summed E-state index contributed by atoms with van der Waals surface area (Å²) in [5.41, 5.74) is 0.825. The van der Waals surface area contributed by atoms with Crippen LogP contribution in [0.3, 0.4) is 0 Å². The Bertz CT molecular complexity index is 560. The number of halogens is 1. The van der Waals surface area contributed by atoms with Crippen LogP contribution in [0.25, 0.3) is 0 Å². The van der Waals surface area contributed by atoms with Crippen LogP contribution >= 0.6 is 15.9 Å². The van der Waals surface area contributed by atoms with Crippen LogP contribution in [0.5, 0.6) is 0 Å². The van der Waals surface area contributed by atoms with Crippen LogP contribution in [0.15, 0.2) is 30.3 Å². The first-order valence-corrected chi connectivity index (χ1v) is 7.64. The number of hydrogen-bond acceptors (Lipinski definition) is 5. The minimum absolute atomic E-state index is 0.0208. The van der Waals surface area contributed by atoms with Crippen molar-refractivity contribution in [3.63, 3.8) is 0 Å². The summed E-state index contributed by atoms with van der Waals surface area (Å²) in [6.07, 6.45) is -0.744. The van der Waals surface area contributed by atoms with Crippen LogP contribution in [-0.2, 0) is 25.7 Å². The summed E-state index contributed by atoms with van der Waals surface area (Å²) in [4.78, 5) is 42.5. The molecular formula is C15H19BrN2O6. The van der Waals surface area contributed by atoms with Crippen LogP contribution in [0, 0.1) is 0 Å². The van der Waals surface area contributed by atoms with Crippen LogP contribution in [0.4, 0.5) is 4.79 Å². The van der Waals surface area contributed by atoms with Gasteiger partial charge in [0.15, 0.2) is 4.69 Å². The minimum Gasteiger partial charge on any atom is -0.480 e. The van der Waals surface area contributed by atoms with Gasteiger partial charge in [0.2, 0.25) is 5.91 Å². The summed E-state index contributed by atoms with van der Waals surface area (Å²) in [5, 5.41) is 12.9. The van der Waals surface area contributed by atoms with E-state index in [1.807, 2.05) is 18.2 Å². The van der Waals surface area contributed by atoms with E-state index in [0.717, 1.165) is 5.56 Å². The topological polar surface area (TPSA) is 122 Å². The molecule has 0 aliphatic heterocycles. The number of carbonyl (C=O) groups is 4. The molecular weight excluding hydrogens is 384 g/mol. The molecule has 0 radical (unpaired) electrons. The fraction of sp³-hybridized carbons (Fsp3) is 0.333. The number of rotatable bonds is 6. The van der Waals surface area contributed by atoms with E-state index in [9.17, 15) is 19.2 Å². The average Bonchev–Trinajstić information content (AvgIpc) is 2.51. The summed E-state index contributed by atoms with van der Waals surface area (Å²) >= 11 is 2.63. The molecule has 0 unspecified atom stereocenters. The van der Waals surface area contributed by atoms with Gasteiger partial charge in [0.05, 0.1) is 0 Å². The summed E-state index contributed by atoms with van der Waals surface area (Å²) in [5.74, 6) is -1.75. The van der Waals surface area contributed by atoms with Gasteiger partial charge >= 0.3 is 12.1 Å². The molecule has 0 aromatic heterocycles. The molecule has 0 heterocycles. The SMILES string of the molecule is CC(=O)Br.C[C@H](NC(=O)OCc1ccccc1)C(=O)NCC(=O)O. The van der Waals surface area contributed by atoms with E-state index in [4.69, 9.17) is 9.84 Å². The fourth-order valence-corrected chi connectivity index (χ4v) is 1.32. The highest BCUT2D eigenvalue weighted by Gasteiger charge is 2.16. The monoisotopic (exact) mass is 402 g/mol. The number of carbonyl (C=O) groups excluding carboxylic acids is 3. The number of aliphatic carboxylic acids is 1. The lowest BCUT2D eigenvalue weighted by Gasteiger charge is -2.13. The van der Waals surface area contributed by atoms with Crippen molar-refractivity contribution in [3.05, 3.63) is 35.9 Å². The molecule has 0 saturated carbocycles. The van der Waals surface area contributed by atoms with Gasteiger partial charge in [-0.05, 0) is 28.4 Å². The maximum absolute atomic E-state index is 11.4. The first-order valence-electron chi connectivity index (χ1n) is 6.85. The highest BCUT2D eigenvalue weighted by atomic mass is 79.9. The van der Waals surface area contributed by atoms with E-state index < -0.39 is 30.6 Å². The Morgan fingerprint density at radius 1 is 1.21 bits per heavy atom. The highest BCUT2D eigenvalue weighted by Crippen LogP contribution is 2.00. The van der Waals surface area contributed by atoms with Crippen molar-refractivity contribution >= 4 is 38.6 Å². The lowest BCUT2D eigenvalue weighted by Crippen LogP contribution is -2.46. The Morgan fingerprint density at radius 3 is 2.25 bits per heavy atom. The maximum Gasteiger partial charge on any atom is 0.408 e. The van der Waals surface area contributed by atoms with Crippen molar-refractivity contribution in [2.75, 3.05) is 6.54 Å². The van der Waals surface area contributed by atoms with Crippen LogP contribution in [0.2, 0.25) is 0 Å². The van der Waals surface area contributed by atoms with Crippen molar-refractivity contribution in [1.29, 1.82) is 0 Å². The van der Waals surface area contributed by atoms with Gasteiger partial charge in [0.25, 0.3) is 0 Å². The second-order valence-corrected chi connectivity index (χ2v) is 5.63. The Hall–Kier alpha value is -2.42. The minimum atomic E-state index is -1.16. The smallest absolute Gasteiger partial charge is 0.408 e. The van der Waals surface area contributed by atoms with E-state index in [-0.39, 0.29) is 11.3 Å². The Morgan fingerprint density at radius 2 is 1.75 bits per heavy atom. The number of carboxylic acids is 1. The molecule has 3 N–H and O–H groups in total. The summed E-state index contributed by atoms with van der Waals surface area (Å²) in [6.45, 7) is 2.47. The maximum atomic E-state index is 11.4. The van der Waals surface area contributed by atoms with Gasteiger partial charge in [0.1, 0.15) is 19.2 Å². The van der Waals surface area contributed by atoms with E-state index in [1.165, 1.54) is 13.8 Å². The van der Waals surface area contributed by atoms with Crippen molar-refractivity contribution in [2.24, 2.45) is 0 Å². The number of ether oxygens (including phenoxy) is 1. The molecule has 2 amide bonds. The van der Waals surface area contributed by atoms with Gasteiger partial charge in [-0.2, -0.15) is 0 Å². The number of nitrogens with one attached hydrogen (secondary N) is 2. The van der Waals surface area contributed by atoms with Gasteiger partial charge < -0.3 is 20.5 Å². The molecule has 132 valence electrons. The second kappa shape index (κ2) is 12.1. The molecule has 1 aromatic rings. The molecule has 1 aromatic carbocycles.